The molecule has 1 heterocycles. The molecule has 1 aromatic carbocycles. The first kappa shape index (κ1) is 19.6. The van der Waals surface area contributed by atoms with Gasteiger partial charge >= 0.3 is 6.03 Å². The summed E-state index contributed by atoms with van der Waals surface area (Å²) in [6.45, 7) is 0.555. The maximum absolute atomic E-state index is 12.1. The van der Waals surface area contributed by atoms with Gasteiger partial charge in [0.25, 0.3) is 0 Å². The van der Waals surface area contributed by atoms with E-state index < -0.39 is 0 Å². The molecular weight excluding hydrogens is 384 g/mol. The van der Waals surface area contributed by atoms with Crippen molar-refractivity contribution in [3.63, 3.8) is 0 Å². The molecule has 0 atom stereocenters. The minimum absolute atomic E-state index is 0.0868. The van der Waals surface area contributed by atoms with Crippen LogP contribution in [-0.4, -0.2) is 29.5 Å². The molecule has 3 rings (SSSR count). The Morgan fingerprint density at radius 1 is 1.19 bits per heavy atom. The molecule has 8 heteroatoms. The number of halogens is 1. The van der Waals surface area contributed by atoms with Crippen molar-refractivity contribution in [2.75, 3.05) is 11.9 Å². The van der Waals surface area contributed by atoms with Crippen molar-refractivity contribution < 1.29 is 9.59 Å². The summed E-state index contributed by atoms with van der Waals surface area (Å²) in [6.07, 6.45) is 5.34. The molecule has 0 unspecified atom stereocenters. The molecule has 6 nitrogen and oxygen atoms in total. The smallest absolute Gasteiger partial charge is 0.321 e. The third-order valence-electron chi connectivity index (χ3n) is 4.45. The first-order valence-electron chi connectivity index (χ1n) is 9.11. The highest BCUT2D eigenvalue weighted by Crippen LogP contribution is 2.19. The average Bonchev–Trinajstić information content (AvgIpc) is 3.29. The maximum Gasteiger partial charge on any atom is 0.321 e. The molecule has 144 valence electrons. The first-order valence-corrected chi connectivity index (χ1v) is 10.4. The molecule has 1 aromatic heterocycles. The minimum atomic E-state index is -0.227. The van der Waals surface area contributed by atoms with Crippen LogP contribution in [0.2, 0.25) is 5.02 Å². The number of rotatable bonds is 7. The van der Waals surface area contributed by atoms with Crippen molar-refractivity contribution in [1.82, 2.24) is 15.6 Å². The molecule has 0 radical (unpaired) electrons. The van der Waals surface area contributed by atoms with E-state index in [2.05, 4.69) is 20.9 Å². The van der Waals surface area contributed by atoms with E-state index in [-0.39, 0.29) is 24.4 Å². The number of nitrogens with one attached hydrogen (secondary N) is 3. The van der Waals surface area contributed by atoms with Gasteiger partial charge in [0.1, 0.15) is 0 Å². The van der Waals surface area contributed by atoms with E-state index in [1.807, 2.05) is 24.3 Å². The average molecular weight is 407 g/mol. The van der Waals surface area contributed by atoms with E-state index >= 15 is 0 Å². The monoisotopic (exact) mass is 406 g/mol. The zero-order valence-electron chi connectivity index (χ0n) is 15.0. The maximum atomic E-state index is 12.1. The van der Waals surface area contributed by atoms with Crippen LogP contribution in [0.5, 0.6) is 0 Å². The largest absolute Gasteiger partial charge is 0.355 e. The van der Waals surface area contributed by atoms with Gasteiger partial charge in [0.15, 0.2) is 5.13 Å². The van der Waals surface area contributed by atoms with E-state index in [0.29, 0.717) is 22.4 Å². The zero-order valence-corrected chi connectivity index (χ0v) is 16.5. The summed E-state index contributed by atoms with van der Waals surface area (Å²) < 4.78 is 0. The standard InChI is InChI=1S/C19H23ClN4O2S/c20-14-7-5-13(6-8-14)9-10-21-17(25)11-16-12-27-19(23-16)24-18(26)22-15-3-1-2-4-15/h5-8,12,15H,1-4,9-11H2,(H,21,25)(H2,22,23,24,26). The molecule has 1 fully saturated rings. The summed E-state index contributed by atoms with van der Waals surface area (Å²) in [5, 5.41) is 11.6. The Labute approximate surface area is 167 Å². The molecule has 27 heavy (non-hydrogen) atoms. The lowest BCUT2D eigenvalue weighted by atomic mass is 10.1. The zero-order chi connectivity index (χ0) is 19.1. The van der Waals surface area contributed by atoms with E-state index in [0.717, 1.165) is 24.8 Å². The lowest BCUT2D eigenvalue weighted by molar-refractivity contribution is -0.120. The van der Waals surface area contributed by atoms with Gasteiger partial charge in [-0.05, 0) is 37.0 Å². The summed E-state index contributed by atoms with van der Waals surface area (Å²) >= 11 is 7.18. The number of thiazole rings is 1. The van der Waals surface area contributed by atoms with Crippen LogP contribution in [0.25, 0.3) is 0 Å². The number of carbonyl (C=O) groups is 2. The van der Waals surface area contributed by atoms with Crippen molar-refractivity contribution in [2.45, 2.75) is 44.6 Å². The third kappa shape index (κ3) is 6.52. The van der Waals surface area contributed by atoms with Gasteiger partial charge in [0.05, 0.1) is 12.1 Å². The van der Waals surface area contributed by atoms with Gasteiger partial charge in [-0.1, -0.05) is 36.6 Å². The highest BCUT2D eigenvalue weighted by molar-refractivity contribution is 7.13. The first-order chi connectivity index (χ1) is 13.1. The number of urea groups is 1. The third-order valence-corrected chi connectivity index (χ3v) is 5.51. The van der Waals surface area contributed by atoms with Crippen LogP contribution in [0.3, 0.4) is 0 Å². The normalized spacial score (nSPS) is 14.1. The fourth-order valence-corrected chi connectivity index (χ4v) is 3.89. The Morgan fingerprint density at radius 3 is 2.67 bits per heavy atom. The summed E-state index contributed by atoms with van der Waals surface area (Å²) in [6, 6.07) is 7.61. The Kier molecular flexibility index (Phi) is 7.06. The molecule has 1 saturated carbocycles. The predicted molar refractivity (Wildman–Crippen MR) is 108 cm³/mol. The number of nitrogens with zero attached hydrogens (tertiary/aromatic N) is 1. The summed E-state index contributed by atoms with van der Waals surface area (Å²) in [4.78, 5) is 28.3. The quantitative estimate of drug-likeness (QED) is 0.654. The van der Waals surface area contributed by atoms with E-state index in [9.17, 15) is 9.59 Å². The Bertz CT molecular complexity index is 772. The number of carbonyl (C=O) groups excluding carboxylic acids is 2. The van der Waals surface area contributed by atoms with Crippen LogP contribution >= 0.6 is 22.9 Å². The van der Waals surface area contributed by atoms with Crippen molar-refractivity contribution in [1.29, 1.82) is 0 Å². The number of hydrogen-bond acceptors (Lipinski definition) is 4. The molecule has 0 bridgehead atoms. The molecule has 1 aliphatic rings. The molecule has 0 aliphatic heterocycles. The minimum Gasteiger partial charge on any atom is -0.355 e. The number of aromatic nitrogens is 1. The van der Waals surface area contributed by atoms with Crippen LogP contribution in [0.4, 0.5) is 9.93 Å². The molecule has 2 aromatic rings. The highest BCUT2D eigenvalue weighted by Gasteiger charge is 2.17. The van der Waals surface area contributed by atoms with Crippen molar-refractivity contribution >= 4 is 40.0 Å². The van der Waals surface area contributed by atoms with Crippen LogP contribution < -0.4 is 16.0 Å². The van der Waals surface area contributed by atoms with E-state index in [1.54, 1.807) is 5.38 Å². The second-order valence-corrected chi connectivity index (χ2v) is 7.92. The van der Waals surface area contributed by atoms with Crippen molar-refractivity contribution in [2.24, 2.45) is 0 Å². The summed E-state index contributed by atoms with van der Waals surface area (Å²) in [5.74, 6) is -0.0868. The van der Waals surface area contributed by atoms with E-state index in [1.165, 1.54) is 24.2 Å². The fraction of sp³-hybridized carbons (Fsp3) is 0.421. The number of benzene rings is 1. The molecule has 0 saturated heterocycles. The van der Waals surface area contributed by atoms with Crippen molar-refractivity contribution in [3.05, 3.63) is 45.9 Å². The van der Waals surface area contributed by atoms with Gasteiger partial charge in [-0.3, -0.25) is 10.1 Å². The second kappa shape index (κ2) is 9.71. The van der Waals surface area contributed by atoms with Crippen molar-refractivity contribution in [3.8, 4) is 0 Å². The predicted octanol–water partition coefficient (Wildman–Crippen LogP) is 3.76. The number of anilines is 1. The van der Waals surface area contributed by atoms with Gasteiger partial charge in [0.2, 0.25) is 5.91 Å². The lowest BCUT2D eigenvalue weighted by Gasteiger charge is -2.11. The van der Waals surface area contributed by atoms with Crippen LogP contribution in [0.1, 0.15) is 36.9 Å². The lowest BCUT2D eigenvalue weighted by Crippen LogP contribution is -2.36. The SMILES string of the molecule is O=C(Cc1csc(NC(=O)NC2CCCC2)n1)NCCc1ccc(Cl)cc1. The molecular formula is C19H23ClN4O2S. The molecule has 1 aliphatic carbocycles. The van der Waals surface area contributed by atoms with Crippen LogP contribution in [-0.2, 0) is 17.6 Å². The Morgan fingerprint density at radius 2 is 1.93 bits per heavy atom. The van der Waals surface area contributed by atoms with Gasteiger partial charge < -0.3 is 10.6 Å². The Hall–Kier alpha value is -2.12. The number of amides is 3. The molecule has 3 N–H and O–H groups in total. The van der Waals surface area contributed by atoms with Gasteiger partial charge in [-0.15, -0.1) is 11.3 Å². The second-order valence-electron chi connectivity index (χ2n) is 6.63. The van der Waals surface area contributed by atoms with Gasteiger partial charge in [0, 0.05) is 23.0 Å². The molecule has 3 amide bonds. The molecule has 0 spiro atoms. The summed E-state index contributed by atoms with van der Waals surface area (Å²) in [5.41, 5.74) is 1.77. The van der Waals surface area contributed by atoms with Gasteiger partial charge in [-0.2, -0.15) is 0 Å². The highest BCUT2D eigenvalue weighted by atomic mass is 35.5. The van der Waals surface area contributed by atoms with Crippen LogP contribution in [0.15, 0.2) is 29.6 Å². The van der Waals surface area contributed by atoms with Gasteiger partial charge in [-0.25, -0.2) is 9.78 Å². The van der Waals surface area contributed by atoms with Crippen LogP contribution in [0, 0.1) is 0 Å². The number of hydrogen-bond donors (Lipinski definition) is 3. The Balaban J connectivity index is 1.38. The van der Waals surface area contributed by atoms with E-state index in [4.69, 9.17) is 11.6 Å². The summed E-state index contributed by atoms with van der Waals surface area (Å²) in [7, 11) is 0. The topological polar surface area (TPSA) is 83.1 Å². The fourth-order valence-electron chi connectivity index (χ4n) is 3.06.